The zero-order valence-electron chi connectivity index (χ0n) is 16.7. The van der Waals surface area contributed by atoms with Crippen LogP contribution in [0.2, 0.25) is 5.02 Å². The highest BCUT2D eigenvalue weighted by atomic mass is 35.5. The highest BCUT2D eigenvalue weighted by molar-refractivity contribution is 7.92. The Morgan fingerprint density at radius 1 is 1.03 bits per heavy atom. The molecule has 30 heavy (non-hydrogen) atoms. The SMILES string of the molecule is COc1ccc(NC(=O)c2cccc(S(=O)(=O)N(C)c3ccc(C)cc3)c2)cc1Cl. The Balaban J connectivity index is 1.85. The van der Waals surface area contributed by atoms with E-state index in [9.17, 15) is 13.2 Å². The van der Waals surface area contributed by atoms with Crippen LogP contribution in [0, 0.1) is 6.92 Å². The van der Waals surface area contributed by atoms with E-state index in [1.54, 1.807) is 36.4 Å². The number of aryl methyl sites for hydroxylation is 1. The largest absolute Gasteiger partial charge is 0.495 e. The van der Waals surface area contributed by atoms with Crippen LogP contribution >= 0.6 is 11.6 Å². The van der Waals surface area contributed by atoms with E-state index in [2.05, 4.69) is 5.32 Å². The summed E-state index contributed by atoms with van der Waals surface area (Å²) in [5.41, 5.74) is 2.24. The van der Waals surface area contributed by atoms with Crippen molar-refractivity contribution in [2.45, 2.75) is 11.8 Å². The summed E-state index contributed by atoms with van der Waals surface area (Å²) in [5.74, 6) is 0.0353. The third-order valence-corrected chi connectivity index (χ3v) is 6.64. The van der Waals surface area contributed by atoms with Gasteiger partial charge in [0.15, 0.2) is 0 Å². The van der Waals surface area contributed by atoms with E-state index >= 15 is 0 Å². The Bertz CT molecular complexity index is 1180. The van der Waals surface area contributed by atoms with Crippen LogP contribution in [0.15, 0.2) is 71.6 Å². The second-order valence-corrected chi connectivity index (χ2v) is 9.02. The Kier molecular flexibility index (Phi) is 6.34. The van der Waals surface area contributed by atoms with E-state index < -0.39 is 15.9 Å². The van der Waals surface area contributed by atoms with Crippen molar-refractivity contribution in [1.29, 1.82) is 0 Å². The molecular formula is C22H21ClN2O4S. The van der Waals surface area contributed by atoms with Gasteiger partial charge in [-0.2, -0.15) is 0 Å². The molecule has 0 saturated carbocycles. The van der Waals surface area contributed by atoms with Crippen LogP contribution in [0.4, 0.5) is 11.4 Å². The number of hydrogen-bond acceptors (Lipinski definition) is 4. The van der Waals surface area contributed by atoms with Gasteiger partial charge in [0.25, 0.3) is 15.9 Å². The highest BCUT2D eigenvalue weighted by Crippen LogP contribution is 2.28. The number of carbonyl (C=O) groups is 1. The molecule has 0 unspecified atom stereocenters. The third kappa shape index (κ3) is 4.58. The Morgan fingerprint density at radius 3 is 2.37 bits per heavy atom. The first-order valence-corrected chi connectivity index (χ1v) is 10.8. The summed E-state index contributed by atoms with van der Waals surface area (Å²) in [6.07, 6.45) is 0. The monoisotopic (exact) mass is 444 g/mol. The first-order chi connectivity index (χ1) is 14.2. The predicted octanol–water partition coefficient (Wildman–Crippen LogP) is 4.73. The number of methoxy groups -OCH3 is 1. The van der Waals surface area contributed by atoms with E-state index in [0.717, 1.165) is 5.56 Å². The van der Waals surface area contributed by atoms with Gasteiger partial charge in [-0.25, -0.2) is 8.42 Å². The van der Waals surface area contributed by atoms with Gasteiger partial charge in [0.2, 0.25) is 0 Å². The summed E-state index contributed by atoms with van der Waals surface area (Å²) in [5, 5.41) is 3.06. The second kappa shape index (κ2) is 8.77. The van der Waals surface area contributed by atoms with Gasteiger partial charge in [0.05, 0.1) is 22.7 Å². The van der Waals surface area contributed by atoms with Gasteiger partial charge in [-0.3, -0.25) is 9.10 Å². The number of nitrogens with one attached hydrogen (secondary N) is 1. The van der Waals surface area contributed by atoms with Crippen LogP contribution in [-0.2, 0) is 10.0 Å². The number of amides is 1. The lowest BCUT2D eigenvalue weighted by Crippen LogP contribution is -2.26. The van der Waals surface area contributed by atoms with Crippen molar-refractivity contribution in [3.8, 4) is 5.75 Å². The lowest BCUT2D eigenvalue weighted by atomic mass is 10.2. The Morgan fingerprint density at radius 2 is 1.73 bits per heavy atom. The molecule has 0 aliphatic heterocycles. The van der Waals surface area contributed by atoms with E-state index in [1.807, 2.05) is 19.1 Å². The van der Waals surface area contributed by atoms with Gasteiger partial charge in [-0.1, -0.05) is 35.4 Å². The quantitative estimate of drug-likeness (QED) is 0.596. The Hall–Kier alpha value is -3.03. The lowest BCUT2D eigenvalue weighted by molar-refractivity contribution is 0.102. The average molecular weight is 445 g/mol. The molecule has 3 rings (SSSR count). The average Bonchev–Trinajstić information content (AvgIpc) is 2.74. The second-order valence-electron chi connectivity index (χ2n) is 6.64. The molecule has 3 aromatic rings. The van der Waals surface area contributed by atoms with Crippen LogP contribution in [0.3, 0.4) is 0 Å². The summed E-state index contributed by atoms with van der Waals surface area (Å²) in [4.78, 5) is 12.7. The van der Waals surface area contributed by atoms with Crippen molar-refractivity contribution >= 4 is 38.9 Å². The number of anilines is 2. The van der Waals surface area contributed by atoms with E-state index in [1.165, 1.54) is 36.7 Å². The van der Waals surface area contributed by atoms with E-state index in [-0.39, 0.29) is 10.5 Å². The molecule has 0 saturated heterocycles. The number of halogens is 1. The molecule has 0 aliphatic rings. The molecular weight excluding hydrogens is 424 g/mol. The summed E-state index contributed by atoms with van der Waals surface area (Å²) >= 11 is 6.09. The molecule has 0 bridgehead atoms. The summed E-state index contributed by atoms with van der Waals surface area (Å²) in [6.45, 7) is 1.93. The predicted molar refractivity (Wildman–Crippen MR) is 119 cm³/mol. The minimum atomic E-state index is -3.83. The van der Waals surface area contributed by atoms with Crippen LogP contribution in [0.1, 0.15) is 15.9 Å². The molecule has 1 N–H and O–H groups in total. The normalized spacial score (nSPS) is 11.1. The molecule has 0 heterocycles. The van der Waals surface area contributed by atoms with Crippen LogP contribution in [-0.4, -0.2) is 28.5 Å². The summed E-state index contributed by atoms with van der Waals surface area (Å²) < 4.78 is 32.3. The number of hydrogen-bond donors (Lipinski definition) is 1. The fourth-order valence-corrected chi connectivity index (χ4v) is 4.30. The van der Waals surface area contributed by atoms with Crippen molar-refractivity contribution in [2.24, 2.45) is 0 Å². The number of benzene rings is 3. The van der Waals surface area contributed by atoms with Crippen molar-refractivity contribution in [2.75, 3.05) is 23.8 Å². The molecule has 0 radical (unpaired) electrons. The number of sulfonamides is 1. The molecule has 6 nitrogen and oxygen atoms in total. The zero-order valence-corrected chi connectivity index (χ0v) is 18.3. The minimum absolute atomic E-state index is 0.0194. The van der Waals surface area contributed by atoms with Gasteiger partial charge in [-0.05, 0) is 55.5 Å². The fraction of sp³-hybridized carbons (Fsp3) is 0.136. The lowest BCUT2D eigenvalue weighted by Gasteiger charge is -2.20. The maximum Gasteiger partial charge on any atom is 0.264 e. The van der Waals surface area contributed by atoms with Gasteiger partial charge in [0, 0.05) is 18.3 Å². The molecule has 0 aromatic heterocycles. The first-order valence-electron chi connectivity index (χ1n) is 9.03. The minimum Gasteiger partial charge on any atom is -0.495 e. The maximum atomic E-state index is 13.0. The van der Waals surface area contributed by atoms with Crippen LogP contribution in [0.25, 0.3) is 0 Å². The topological polar surface area (TPSA) is 75.7 Å². The molecule has 1 amide bonds. The van der Waals surface area contributed by atoms with Crippen molar-refractivity contribution in [3.05, 3.63) is 82.9 Å². The van der Waals surface area contributed by atoms with Crippen molar-refractivity contribution < 1.29 is 17.9 Å². The molecule has 0 spiro atoms. The molecule has 156 valence electrons. The molecule has 8 heteroatoms. The fourth-order valence-electron chi connectivity index (χ4n) is 2.80. The third-order valence-electron chi connectivity index (χ3n) is 4.56. The molecule has 0 fully saturated rings. The molecule has 3 aromatic carbocycles. The van der Waals surface area contributed by atoms with Gasteiger partial charge in [-0.15, -0.1) is 0 Å². The van der Waals surface area contributed by atoms with Gasteiger partial charge in [0.1, 0.15) is 5.75 Å². The van der Waals surface area contributed by atoms with E-state index in [0.29, 0.717) is 22.1 Å². The highest BCUT2D eigenvalue weighted by Gasteiger charge is 2.22. The summed E-state index contributed by atoms with van der Waals surface area (Å²) in [7, 11) is -0.856. The molecule has 0 aliphatic carbocycles. The van der Waals surface area contributed by atoms with Gasteiger partial charge < -0.3 is 10.1 Å². The number of rotatable bonds is 6. The van der Waals surface area contributed by atoms with Gasteiger partial charge >= 0.3 is 0 Å². The number of ether oxygens (including phenoxy) is 1. The van der Waals surface area contributed by atoms with Crippen molar-refractivity contribution in [3.63, 3.8) is 0 Å². The van der Waals surface area contributed by atoms with Crippen LogP contribution in [0.5, 0.6) is 5.75 Å². The van der Waals surface area contributed by atoms with Crippen LogP contribution < -0.4 is 14.4 Å². The first kappa shape index (κ1) is 21.7. The summed E-state index contributed by atoms with van der Waals surface area (Å²) in [6, 6.07) is 17.9. The Labute approximate surface area is 181 Å². The standard InChI is InChI=1S/C22H21ClN2O4S/c1-15-7-10-18(11-8-15)25(2)30(27,28)19-6-4-5-16(13-19)22(26)24-17-9-12-21(29-3)20(23)14-17/h4-14H,1-3H3,(H,24,26). The molecule has 0 atom stereocenters. The number of nitrogens with zero attached hydrogens (tertiary/aromatic N) is 1. The number of carbonyl (C=O) groups excluding carboxylic acids is 1. The van der Waals surface area contributed by atoms with E-state index in [4.69, 9.17) is 16.3 Å². The maximum absolute atomic E-state index is 13.0. The zero-order chi connectivity index (χ0) is 21.9. The van der Waals surface area contributed by atoms with Crippen molar-refractivity contribution in [1.82, 2.24) is 0 Å². The smallest absolute Gasteiger partial charge is 0.264 e.